The summed E-state index contributed by atoms with van der Waals surface area (Å²) < 4.78 is 12.0. The van der Waals surface area contributed by atoms with Crippen LogP contribution in [0.2, 0.25) is 5.02 Å². The molecule has 0 aromatic heterocycles. The molecule has 4 nitrogen and oxygen atoms in total. The summed E-state index contributed by atoms with van der Waals surface area (Å²) in [4.78, 5) is 2.38. The summed E-state index contributed by atoms with van der Waals surface area (Å²) in [5.74, 6) is 3.12. The second-order valence-corrected chi connectivity index (χ2v) is 9.83. The second-order valence-electron chi connectivity index (χ2n) is 9.42. The molecule has 2 aliphatic rings. The second kappa shape index (κ2) is 9.81. The number of nitrogens with one attached hydrogen (secondary N) is 1. The molecule has 0 spiro atoms. The van der Waals surface area contributed by atoms with Crippen LogP contribution in [0.3, 0.4) is 0 Å². The first kappa shape index (κ1) is 22.4. The molecule has 31 heavy (non-hydrogen) atoms. The van der Waals surface area contributed by atoms with Crippen LogP contribution >= 0.6 is 11.6 Å². The number of fused-ring (bicyclic) bond motifs is 1. The SMILES string of the molecule is COc1ccc(C2CN(C)Cc3cc(OC(C(C)C)C4CCNCC4)ccc32)cc1Cl. The molecule has 0 bridgehead atoms. The summed E-state index contributed by atoms with van der Waals surface area (Å²) in [6, 6.07) is 12.8. The Labute approximate surface area is 191 Å². The number of likely N-dealkylation sites (N-methyl/N-ethyl adjacent to an activating group) is 1. The lowest BCUT2D eigenvalue weighted by molar-refractivity contribution is 0.0718. The Morgan fingerprint density at radius 1 is 1.10 bits per heavy atom. The van der Waals surface area contributed by atoms with Crippen molar-refractivity contribution < 1.29 is 9.47 Å². The van der Waals surface area contributed by atoms with Crippen molar-refractivity contribution in [1.82, 2.24) is 10.2 Å². The largest absolute Gasteiger partial charge is 0.495 e. The molecule has 0 radical (unpaired) electrons. The Hall–Kier alpha value is -1.75. The summed E-state index contributed by atoms with van der Waals surface area (Å²) in [6.45, 7) is 8.66. The molecule has 0 aliphatic carbocycles. The van der Waals surface area contributed by atoms with Gasteiger partial charge in [-0.25, -0.2) is 0 Å². The zero-order chi connectivity index (χ0) is 22.0. The highest BCUT2D eigenvalue weighted by Gasteiger charge is 2.29. The highest BCUT2D eigenvalue weighted by atomic mass is 35.5. The first-order valence-corrected chi connectivity index (χ1v) is 11.9. The molecule has 2 aromatic rings. The fourth-order valence-electron chi connectivity index (χ4n) is 5.19. The van der Waals surface area contributed by atoms with E-state index in [0.717, 1.165) is 37.7 Å². The Morgan fingerprint density at radius 3 is 2.55 bits per heavy atom. The molecule has 1 N–H and O–H groups in total. The van der Waals surface area contributed by atoms with Gasteiger partial charge in [0.25, 0.3) is 0 Å². The maximum Gasteiger partial charge on any atom is 0.137 e. The molecule has 2 heterocycles. The average molecular weight is 443 g/mol. The molecular weight excluding hydrogens is 408 g/mol. The lowest BCUT2D eigenvalue weighted by Gasteiger charge is -2.35. The van der Waals surface area contributed by atoms with Crippen LogP contribution in [0.25, 0.3) is 0 Å². The molecule has 0 amide bonds. The van der Waals surface area contributed by atoms with Gasteiger partial charge in [-0.15, -0.1) is 0 Å². The van der Waals surface area contributed by atoms with E-state index in [2.05, 4.69) is 55.4 Å². The fourth-order valence-corrected chi connectivity index (χ4v) is 5.45. The molecule has 5 heteroatoms. The summed E-state index contributed by atoms with van der Waals surface area (Å²) in [5.41, 5.74) is 3.94. The van der Waals surface area contributed by atoms with Crippen LogP contribution < -0.4 is 14.8 Å². The summed E-state index contributed by atoms with van der Waals surface area (Å²) in [7, 11) is 3.83. The number of hydrogen-bond donors (Lipinski definition) is 1. The predicted molar refractivity (Wildman–Crippen MR) is 127 cm³/mol. The van der Waals surface area contributed by atoms with E-state index in [9.17, 15) is 0 Å². The lowest BCUT2D eigenvalue weighted by Crippen LogP contribution is -2.39. The third-order valence-corrected chi connectivity index (χ3v) is 7.08. The van der Waals surface area contributed by atoms with Gasteiger partial charge < -0.3 is 19.7 Å². The van der Waals surface area contributed by atoms with Gasteiger partial charge in [-0.1, -0.05) is 37.6 Å². The number of halogens is 1. The monoisotopic (exact) mass is 442 g/mol. The Kier molecular flexibility index (Phi) is 7.10. The minimum absolute atomic E-state index is 0.262. The van der Waals surface area contributed by atoms with E-state index >= 15 is 0 Å². The van der Waals surface area contributed by atoms with Gasteiger partial charge in [0.1, 0.15) is 17.6 Å². The topological polar surface area (TPSA) is 33.7 Å². The van der Waals surface area contributed by atoms with Crippen LogP contribution in [0.1, 0.15) is 49.3 Å². The van der Waals surface area contributed by atoms with E-state index in [-0.39, 0.29) is 12.0 Å². The summed E-state index contributed by atoms with van der Waals surface area (Å²) in [6.07, 6.45) is 2.64. The van der Waals surface area contributed by atoms with Crippen molar-refractivity contribution in [1.29, 1.82) is 0 Å². The molecule has 2 aliphatic heterocycles. The van der Waals surface area contributed by atoms with E-state index in [1.165, 1.54) is 29.5 Å². The molecular formula is C26H35ClN2O2. The Balaban J connectivity index is 1.59. The predicted octanol–water partition coefficient (Wildman–Crippen LogP) is 5.33. The van der Waals surface area contributed by atoms with Crippen molar-refractivity contribution in [2.75, 3.05) is 33.8 Å². The van der Waals surface area contributed by atoms with Gasteiger partial charge in [-0.05, 0) is 85.8 Å². The molecule has 2 atom stereocenters. The van der Waals surface area contributed by atoms with Crippen molar-refractivity contribution in [3.63, 3.8) is 0 Å². The first-order valence-electron chi connectivity index (χ1n) is 11.5. The maximum atomic E-state index is 6.62. The third kappa shape index (κ3) is 5.02. The molecule has 4 rings (SSSR count). The Morgan fingerprint density at radius 2 is 1.87 bits per heavy atom. The smallest absolute Gasteiger partial charge is 0.137 e. The van der Waals surface area contributed by atoms with Crippen LogP contribution in [-0.4, -0.2) is 44.8 Å². The van der Waals surface area contributed by atoms with E-state index in [1.54, 1.807) is 7.11 Å². The van der Waals surface area contributed by atoms with Gasteiger partial charge in [-0.2, -0.15) is 0 Å². The molecule has 2 unspecified atom stereocenters. The minimum Gasteiger partial charge on any atom is -0.495 e. The van der Waals surface area contributed by atoms with Crippen LogP contribution in [0.4, 0.5) is 0 Å². The van der Waals surface area contributed by atoms with Gasteiger partial charge in [0.2, 0.25) is 0 Å². The highest BCUT2D eigenvalue weighted by molar-refractivity contribution is 6.32. The lowest BCUT2D eigenvalue weighted by atomic mass is 9.84. The quantitative estimate of drug-likeness (QED) is 0.655. The average Bonchev–Trinajstić information content (AvgIpc) is 2.77. The standard InChI is InChI=1S/C26H35ClN2O2/c1-17(2)26(18-9-11-28-12-10-18)31-21-6-7-22-20(13-21)15-29(3)16-23(22)19-5-8-25(30-4)24(27)14-19/h5-8,13-14,17-18,23,26,28H,9-12,15-16H2,1-4H3. The van der Waals surface area contributed by atoms with Crippen molar-refractivity contribution in [2.24, 2.45) is 11.8 Å². The summed E-state index contributed by atoms with van der Waals surface area (Å²) in [5, 5.41) is 4.13. The summed E-state index contributed by atoms with van der Waals surface area (Å²) >= 11 is 6.44. The number of hydrogen-bond acceptors (Lipinski definition) is 4. The number of nitrogens with zero attached hydrogens (tertiary/aromatic N) is 1. The van der Waals surface area contributed by atoms with Gasteiger partial charge in [-0.3, -0.25) is 0 Å². The van der Waals surface area contributed by atoms with Gasteiger partial charge >= 0.3 is 0 Å². The van der Waals surface area contributed by atoms with Crippen molar-refractivity contribution >= 4 is 11.6 Å². The Bertz CT molecular complexity index is 895. The molecule has 168 valence electrons. The zero-order valence-electron chi connectivity index (χ0n) is 19.2. The van der Waals surface area contributed by atoms with Crippen LogP contribution in [0.15, 0.2) is 36.4 Å². The number of benzene rings is 2. The molecule has 1 saturated heterocycles. The zero-order valence-corrected chi connectivity index (χ0v) is 19.9. The molecule has 1 fully saturated rings. The van der Waals surface area contributed by atoms with Crippen LogP contribution in [0, 0.1) is 11.8 Å². The van der Waals surface area contributed by atoms with Crippen molar-refractivity contribution in [3.8, 4) is 11.5 Å². The van der Waals surface area contributed by atoms with E-state index < -0.39 is 0 Å². The fraction of sp³-hybridized carbons (Fsp3) is 0.538. The van der Waals surface area contributed by atoms with Crippen LogP contribution in [0.5, 0.6) is 11.5 Å². The van der Waals surface area contributed by atoms with Crippen LogP contribution in [-0.2, 0) is 6.54 Å². The van der Waals surface area contributed by atoms with E-state index in [1.807, 2.05) is 12.1 Å². The molecule has 2 aromatic carbocycles. The number of piperidine rings is 1. The third-order valence-electron chi connectivity index (χ3n) is 6.78. The first-order chi connectivity index (χ1) is 15.0. The van der Waals surface area contributed by atoms with Gasteiger partial charge in [0, 0.05) is 19.0 Å². The highest BCUT2D eigenvalue weighted by Crippen LogP contribution is 2.38. The number of rotatable bonds is 6. The number of methoxy groups -OCH3 is 1. The van der Waals surface area contributed by atoms with E-state index in [4.69, 9.17) is 21.1 Å². The minimum atomic E-state index is 0.262. The maximum absolute atomic E-state index is 6.62. The van der Waals surface area contributed by atoms with Gasteiger partial charge in [0.05, 0.1) is 12.1 Å². The van der Waals surface area contributed by atoms with Gasteiger partial charge in [0.15, 0.2) is 0 Å². The molecule has 0 saturated carbocycles. The normalized spacial score (nSPS) is 21.0. The van der Waals surface area contributed by atoms with Crippen molar-refractivity contribution in [3.05, 3.63) is 58.1 Å². The van der Waals surface area contributed by atoms with E-state index in [0.29, 0.717) is 16.9 Å². The number of ether oxygens (including phenoxy) is 2. The van der Waals surface area contributed by atoms with Crippen molar-refractivity contribution in [2.45, 2.75) is 45.3 Å².